The molecule has 2 aromatic rings. The monoisotopic (exact) mass is 303 g/mol. The molecule has 23 heavy (non-hydrogen) atoms. The van der Waals surface area contributed by atoms with Crippen molar-refractivity contribution >= 4 is 5.69 Å². The second-order valence-corrected chi connectivity index (χ2v) is 5.83. The van der Waals surface area contributed by atoms with E-state index in [1.807, 2.05) is 18.2 Å². The maximum absolute atomic E-state index is 3.98. The predicted molar refractivity (Wildman–Crippen MR) is 102 cm³/mol. The third kappa shape index (κ3) is 4.01. The van der Waals surface area contributed by atoms with E-state index in [0.717, 1.165) is 12.2 Å². The molecule has 1 heteroatoms. The van der Waals surface area contributed by atoms with E-state index >= 15 is 0 Å². The molecule has 0 saturated heterocycles. The fraction of sp³-hybridized carbons (Fsp3) is 0.182. The summed E-state index contributed by atoms with van der Waals surface area (Å²) in [6.07, 6.45) is 5.70. The van der Waals surface area contributed by atoms with E-state index in [9.17, 15) is 0 Å². The van der Waals surface area contributed by atoms with Gasteiger partial charge in [0.15, 0.2) is 0 Å². The predicted octanol–water partition coefficient (Wildman–Crippen LogP) is 5.87. The Kier molecular flexibility index (Phi) is 5.59. The molecule has 0 fully saturated rings. The van der Waals surface area contributed by atoms with Crippen LogP contribution in [0.5, 0.6) is 0 Å². The minimum absolute atomic E-state index is 0.808. The minimum Gasteiger partial charge on any atom is -0.337 e. The molecule has 0 radical (unpaired) electrons. The summed E-state index contributed by atoms with van der Waals surface area (Å²) in [6, 6.07) is 15.1. The summed E-state index contributed by atoms with van der Waals surface area (Å²) >= 11 is 0. The zero-order chi connectivity index (χ0) is 16.8. The van der Waals surface area contributed by atoms with Crippen molar-refractivity contribution < 1.29 is 0 Å². The summed E-state index contributed by atoms with van der Waals surface area (Å²) in [5.74, 6) is 0. The van der Waals surface area contributed by atoms with Crippen molar-refractivity contribution in [3.63, 3.8) is 0 Å². The average Bonchev–Trinajstić information content (AvgIpc) is 2.53. The molecular formula is C22H25N. The zero-order valence-electron chi connectivity index (χ0n) is 14.3. The first-order valence-corrected chi connectivity index (χ1v) is 7.91. The Morgan fingerprint density at radius 2 is 1.74 bits per heavy atom. The first-order chi connectivity index (χ1) is 11.1. The fourth-order valence-corrected chi connectivity index (χ4v) is 2.77. The Labute approximate surface area is 140 Å². The van der Waals surface area contributed by atoms with Gasteiger partial charge in [-0.1, -0.05) is 61.2 Å². The second kappa shape index (κ2) is 7.64. The third-order valence-electron chi connectivity index (χ3n) is 4.04. The number of allylic oxidation sites excluding steroid dienone is 3. The highest BCUT2D eigenvalue weighted by Crippen LogP contribution is 2.28. The quantitative estimate of drug-likeness (QED) is 0.603. The van der Waals surface area contributed by atoms with Crippen molar-refractivity contribution in [2.75, 3.05) is 4.90 Å². The maximum atomic E-state index is 3.98. The van der Waals surface area contributed by atoms with Gasteiger partial charge >= 0.3 is 0 Å². The molecule has 0 unspecified atom stereocenters. The van der Waals surface area contributed by atoms with Gasteiger partial charge in [0.1, 0.15) is 0 Å². The van der Waals surface area contributed by atoms with Crippen LogP contribution in [0, 0.1) is 20.8 Å². The lowest BCUT2D eigenvalue weighted by Gasteiger charge is -2.28. The van der Waals surface area contributed by atoms with Gasteiger partial charge in [-0.25, -0.2) is 0 Å². The molecule has 0 spiro atoms. The largest absolute Gasteiger partial charge is 0.337 e. The molecule has 0 saturated carbocycles. The maximum Gasteiger partial charge on any atom is 0.0484 e. The molecule has 0 aliphatic rings. The van der Waals surface area contributed by atoms with E-state index in [1.165, 1.54) is 27.9 Å². The van der Waals surface area contributed by atoms with Gasteiger partial charge in [0.2, 0.25) is 0 Å². The van der Waals surface area contributed by atoms with E-state index in [1.54, 1.807) is 0 Å². The lowest BCUT2D eigenvalue weighted by atomic mass is 10.1. The second-order valence-electron chi connectivity index (χ2n) is 5.83. The molecule has 118 valence electrons. The topological polar surface area (TPSA) is 3.24 Å². The van der Waals surface area contributed by atoms with Crippen molar-refractivity contribution in [3.05, 3.63) is 102 Å². The molecule has 0 heterocycles. The molecule has 0 amide bonds. The van der Waals surface area contributed by atoms with Gasteiger partial charge in [0.05, 0.1) is 0 Å². The SMILES string of the molecule is C=C/C=C(\C=C)N(Cc1ccccc1C)c1ccc(C)cc1C. The van der Waals surface area contributed by atoms with E-state index in [2.05, 4.69) is 81.3 Å². The number of hydrogen-bond donors (Lipinski definition) is 0. The number of anilines is 1. The van der Waals surface area contributed by atoms with Gasteiger partial charge in [0, 0.05) is 17.9 Å². The lowest BCUT2D eigenvalue weighted by Crippen LogP contribution is -2.22. The molecule has 0 N–H and O–H groups in total. The highest BCUT2D eigenvalue weighted by Gasteiger charge is 2.13. The molecule has 2 rings (SSSR count). The first kappa shape index (κ1) is 16.8. The molecule has 0 aromatic heterocycles. The van der Waals surface area contributed by atoms with Crippen molar-refractivity contribution in [1.82, 2.24) is 0 Å². The van der Waals surface area contributed by atoms with E-state index < -0.39 is 0 Å². The van der Waals surface area contributed by atoms with Crippen molar-refractivity contribution in [3.8, 4) is 0 Å². The molecule has 0 atom stereocenters. The molecule has 0 aliphatic heterocycles. The summed E-state index contributed by atoms with van der Waals surface area (Å²) in [5, 5.41) is 0. The molecule has 0 aliphatic carbocycles. The van der Waals surface area contributed by atoms with Gasteiger partial charge in [0.25, 0.3) is 0 Å². The summed E-state index contributed by atoms with van der Waals surface area (Å²) in [5.41, 5.74) is 7.39. The van der Waals surface area contributed by atoms with E-state index in [0.29, 0.717) is 0 Å². The highest BCUT2D eigenvalue weighted by atomic mass is 15.1. The van der Waals surface area contributed by atoms with Gasteiger partial charge < -0.3 is 4.90 Å². The lowest BCUT2D eigenvalue weighted by molar-refractivity contribution is 0.919. The summed E-state index contributed by atoms with van der Waals surface area (Å²) in [4.78, 5) is 2.30. The standard InChI is InChI=1S/C22H25N/c1-6-10-21(7-2)23(16-20-12-9-8-11-18(20)4)22-14-13-17(3)15-19(22)5/h6-15H,1-2,16H2,3-5H3/b21-10+. The number of hydrogen-bond acceptors (Lipinski definition) is 1. The van der Waals surface area contributed by atoms with Crippen LogP contribution < -0.4 is 4.90 Å². The van der Waals surface area contributed by atoms with Crippen LogP contribution in [0.2, 0.25) is 0 Å². The molecule has 1 nitrogen and oxygen atoms in total. The smallest absolute Gasteiger partial charge is 0.0484 e. The normalized spacial score (nSPS) is 11.2. The van der Waals surface area contributed by atoms with Gasteiger partial charge in [-0.3, -0.25) is 0 Å². The Balaban J connectivity index is 2.51. The zero-order valence-corrected chi connectivity index (χ0v) is 14.3. The number of nitrogens with zero attached hydrogens (tertiary/aromatic N) is 1. The average molecular weight is 303 g/mol. The van der Waals surface area contributed by atoms with Crippen LogP contribution >= 0.6 is 0 Å². The summed E-state index contributed by atoms with van der Waals surface area (Å²) < 4.78 is 0. The first-order valence-electron chi connectivity index (χ1n) is 7.91. The van der Waals surface area contributed by atoms with Crippen LogP contribution in [0.25, 0.3) is 0 Å². The van der Waals surface area contributed by atoms with Crippen LogP contribution in [0.1, 0.15) is 22.3 Å². The third-order valence-corrected chi connectivity index (χ3v) is 4.04. The van der Waals surface area contributed by atoms with E-state index in [4.69, 9.17) is 0 Å². The Morgan fingerprint density at radius 1 is 1.00 bits per heavy atom. The van der Waals surface area contributed by atoms with Crippen LogP contribution in [-0.4, -0.2) is 0 Å². The van der Waals surface area contributed by atoms with Crippen LogP contribution in [0.3, 0.4) is 0 Å². The fourth-order valence-electron chi connectivity index (χ4n) is 2.77. The van der Waals surface area contributed by atoms with Crippen LogP contribution in [-0.2, 0) is 6.54 Å². The van der Waals surface area contributed by atoms with Gasteiger partial charge in [-0.05, 0) is 55.7 Å². The minimum atomic E-state index is 0.808. The highest BCUT2D eigenvalue weighted by molar-refractivity contribution is 5.61. The van der Waals surface area contributed by atoms with Gasteiger partial charge in [-0.2, -0.15) is 0 Å². The van der Waals surface area contributed by atoms with Crippen molar-refractivity contribution in [2.45, 2.75) is 27.3 Å². The summed E-state index contributed by atoms with van der Waals surface area (Å²) in [7, 11) is 0. The van der Waals surface area contributed by atoms with E-state index in [-0.39, 0.29) is 0 Å². The Bertz CT molecular complexity index is 737. The van der Waals surface area contributed by atoms with Gasteiger partial charge in [-0.15, -0.1) is 0 Å². The van der Waals surface area contributed by atoms with Crippen molar-refractivity contribution in [2.24, 2.45) is 0 Å². The number of rotatable bonds is 6. The Hall–Kier alpha value is -2.54. The number of benzene rings is 2. The van der Waals surface area contributed by atoms with Crippen molar-refractivity contribution in [1.29, 1.82) is 0 Å². The molecule has 0 bridgehead atoms. The molecule has 2 aromatic carbocycles. The Morgan fingerprint density at radius 3 is 2.35 bits per heavy atom. The number of aryl methyl sites for hydroxylation is 3. The van der Waals surface area contributed by atoms with Crippen LogP contribution in [0.15, 0.2) is 79.5 Å². The molecular weight excluding hydrogens is 278 g/mol. The van der Waals surface area contributed by atoms with Crippen LogP contribution in [0.4, 0.5) is 5.69 Å². The summed E-state index contributed by atoms with van der Waals surface area (Å²) in [6.45, 7) is 15.1.